The first-order valence-electron chi connectivity index (χ1n) is 13.6. The molecule has 3 aromatic rings. The Morgan fingerprint density at radius 3 is 2.26 bits per heavy atom. The number of methoxy groups -OCH3 is 2. The Labute approximate surface area is 256 Å². The highest BCUT2D eigenvalue weighted by Gasteiger charge is 2.37. The third-order valence-corrected chi connectivity index (χ3v) is 7.83. The highest BCUT2D eigenvalue weighted by molar-refractivity contribution is 6.41. The van der Waals surface area contributed by atoms with Gasteiger partial charge < -0.3 is 29.7 Å². The van der Waals surface area contributed by atoms with Crippen molar-refractivity contribution in [2.24, 2.45) is 5.92 Å². The predicted octanol–water partition coefficient (Wildman–Crippen LogP) is 6.18. The van der Waals surface area contributed by atoms with Gasteiger partial charge in [0.1, 0.15) is 17.1 Å². The van der Waals surface area contributed by atoms with Gasteiger partial charge in [-0.05, 0) is 57.2 Å². The number of aromatic nitrogens is 2. The van der Waals surface area contributed by atoms with Crippen molar-refractivity contribution in [3.05, 3.63) is 40.5 Å². The summed E-state index contributed by atoms with van der Waals surface area (Å²) in [5.74, 6) is 1.42. The second-order valence-corrected chi connectivity index (χ2v) is 12.3. The van der Waals surface area contributed by atoms with Crippen molar-refractivity contribution in [3.63, 3.8) is 0 Å². The van der Waals surface area contributed by atoms with E-state index < -0.39 is 11.7 Å². The molecule has 2 aromatic carbocycles. The third kappa shape index (κ3) is 7.28. The largest absolute Gasteiger partial charge is 0.495 e. The molecule has 1 fully saturated rings. The average molecular weight is 619 g/mol. The fourth-order valence-electron chi connectivity index (χ4n) is 5.08. The van der Waals surface area contributed by atoms with Crippen LogP contribution < -0.4 is 20.1 Å². The van der Waals surface area contributed by atoms with Gasteiger partial charge in [0.05, 0.1) is 35.8 Å². The summed E-state index contributed by atoms with van der Waals surface area (Å²) in [4.78, 5) is 35.9. The number of ether oxygens (including phenoxy) is 3. The van der Waals surface area contributed by atoms with E-state index in [4.69, 9.17) is 42.4 Å². The maximum Gasteiger partial charge on any atom is 0.407 e. The molecular formula is C30H37Cl2N5O5. The fourth-order valence-corrected chi connectivity index (χ4v) is 5.80. The minimum absolute atomic E-state index is 0.0447. The van der Waals surface area contributed by atoms with Crippen LogP contribution in [0.5, 0.6) is 11.5 Å². The highest BCUT2D eigenvalue weighted by atomic mass is 35.5. The molecule has 1 heterocycles. The van der Waals surface area contributed by atoms with Gasteiger partial charge in [0.25, 0.3) is 0 Å². The van der Waals surface area contributed by atoms with Gasteiger partial charge in [-0.15, -0.1) is 0 Å². The number of amides is 2. The molecule has 12 heteroatoms. The topological polar surface area (TPSA) is 115 Å². The van der Waals surface area contributed by atoms with Gasteiger partial charge in [-0.25, -0.2) is 14.8 Å². The first-order valence-corrected chi connectivity index (χ1v) is 14.4. The van der Waals surface area contributed by atoms with Crippen LogP contribution in [0.2, 0.25) is 10.0 Å². The number of alkyl carbamates (subject to hydrolysis) is 1. The van der Waals surface area contributed by atoms with E-state index >= 15 is 0 Å². The van der Waals surface area contributed by atoms with Crippen LogP contribution in [0.25, 0.3) is 22.0 Å². The number of hydrogen-bond donors (Lipinski definition) is 2. The van der Waals surface area contributed by atoms with Crippen molar-refractivity contribution in [3.8, 4) is 22.6 Å². The number of anilines is 1. The van der Waals surface area contributed by atoms with Crippen molar-refractivity contribution in [2.45, 2.75) is 57.7 Å². The van der Waals surface area contributed by atoms with Crippen LogP contribution in [0.1, 0.15) is 40.0 Å². The van der Waals surface area contributed by atoms with Gasteiger partial charge in [-0.1, -0.05) is 29.3 Å². The van der Waals surface area contributed by atoms with Gasteiger partial charge in [0, 0.05) is 49.8 Å². The number of nitrogens with zero attached hydrogens (tertiary/aromatic N) is 3. The first-order chi connectivity index (χ1) is 19.8. The summed E-state index contributed by atoms with van der Waals surface area (Å²) in [6, 6.07) is 6.81. The molecule has 0 bridgehead atoms. The van der Waals surface area contributed by atoms with Crippen molar-refractivity contribution < 1.29 is 23.8 Å². The molecule has 1 saturated carbocycles. The number of carbonyl (C=O) groups is 2. The monoisotopic (exact) mass is 617 g/mol. The lowest BCUT2D eigenvalue weighted by Crippen LogP contribution is -2.45. The number of hydrogen-bond acceptors (Lipinski definition) is 8. The second-order valence-electron chi connectivity index (χ2n) is 11.6. The normalized spacial score (nSPS) is 18.5. The number of carbonyl (C=O) groups excluding carboxylic acids is 2. The highest BCUT2D eigenvalue weighted by Crippen LogP contribution is 2.46. The molecule has 10 nitrogen and oxygen atoms in total. The van der Waals surface area contributed by atoms with Gasteiger partial charge in [-0.2, -0.15) is 0 Å². The van der Waals surface area contributed by atoms with Crippen molar-refractivity contribution >= 4 is 52.1 Å². The van der Waals surface area contributed by atoms with E-state index in [0.29, 0.717) is 57.8 Å². The Morgan fingerprint density at radius 2 is 1.67 bits per heavy atom. The molecule has 4 rings (SSSR count). The lowest BCUT2D eigenvalue weighted by molar-refractivity contribution is -0.129. The molecule has 42 heavy (non-hydrogen) atoms. The zero-order valence-corrected chi connectivity index (χ0v) is 26.4. The van der Waals surface area contributed by atoms with Gasteiger partial charge in [0.2, 0.25) is 11.9 Å². The zero-order chi connectivity index (χ0) is 30.8. The summed E-state index contributed by atoms with van der Waals surface area (Å²) in [7, 11) is 6.54. The van der Waals surface area contributed by atoms with E-state index in [1.165, 1.54) is 14.2 Å². The summed E-state index contributed by atoms with van der Waals surface area (Å²) in [6.07, 6.45) is 2.89. The Balaban J connectivity index is 1.59. The lowest BCUT2D eigenvalue weighted by atomic mass is 10.0. The fraction of sp³-hybridized carbons (Fsp3) is 0.467. The molecule has 1 aliphatic carbocycles. The van der Waals surface area contributed by atoms with E-state index in [0.717, 1.165) is 10.9 Å². The van der Waals surface area contributed by atoms with Gasteiger partial charge in [-0.3, -0.25) is 4.79 Å². The molecule has 1 aliphatic rings. The van der Waals surface area contributed by atoms with Crippen LogP contribution >= 0.6 is 23.2 Å². The van der Waals surface area contributed by atoms with Crippen molar-refractivity contribution in [1.29, 1.82) is 0 Å². The summed E-state index contributed by atoms with van der Waals surface area (Å²) in [5.41, 5.74) is 1.41. The summed E-state index contributed by atoms with van der Waals surface area (Å²) in [6.45, 7) is 5.45. The van der Waals surface area contributed by atoms with Crippen LogP contribution in [-0.2, 0) is 9.53 Å². The molecule has 0 radical (unpaired) electrons. The Hall–Kier alpha value is -3.50. The number of nitrogens with one attached hydrogen (secondary N) is 2. The van der Waals surface area contributed by atoms with E-state index in [1.54, 1.807) is 31.3 Å². The smallest absolute Gasteiger partial charge is 0.407 e. The maximum atomic E-state index is 12.6. The molecule has 2 N–H and O–H groups in total. The maximum absolute atomic E-state index is 12.6. The molecule has 3 atom stereocenters. The number of fused-ring (bicyclic) bond motifs is 1. The van der Waals surface area contributed by atoms with E-state index in [-0.39, 0.29) is 23.9 Å². The molecular weight excluding hydrogens is 581 g/mol. The Kier molecular flexibility index (Phi) is 9.57. The average Bonchev–Trinajstić information content (AvgIpc) is 3.27. The SMILES string of the molecule is COc1cc(OC)c(Cl)c(-c2ccc3nc(NC4CC(CC(=O)N(C)C)CC4NC(=O)OC(C)(C)C)ncc3c2)c1Cl. The van der Waals surface area contributed by atoms with E-state index in [2.05, 4.69) is 15.6 Å². The molecule has 1 aromatic heterocycles. The number of rotatable bonds is 8. The van der Waals surface area contributed by atoms with Crippen molar-refractivity contribution in [1.82, 2.24) is 20.2 Å². The molecule has 0 spiro atoms. The summed E-state index contributed by atoms with van der Waals surface area (Å²) < 4.78 is 16.3. The Morgan fingerprint density at radius 1 is 1.02 bits per heavy atom. The molecule has 3 unspecified atom stereocenters. The standard InChI is InChI=1S/C30H37Cl2N5O5/c1-30(2,3)42-29(39)36-21-11-16(12-24(38)37(4)5)10-20(21)35-28-33-15-18-13-17(8-9-19(18)34-28)25-26(31)22(40-6)14-23(41-7)27(25)32/h8-9,13-16,20-21H,10-12H2,1-7H3,(H,36,39)(H,33,34,35). The van der Waals surface area contributed by atoms with Crippen LogP contribution in [-0.4, -0.2) is 72.9 Å². The second kappa shape index (κ2) is 12.8. The van der Waals surface area contributed by atoms with Gasteiger partial charge >= 0.3 is 6.09 Å². The minimum atomic E-state index is -0.628. The Bertz CT molecular complexity index is 1450. The van der Waals surface area contributed by atoms with E-state index in [9.17, 15) is 9.59 Å². The molecule has 226 valence electrons. The van der Waals surface area contributed by atoms with Crippen LogP contribution in [0.15, 0.2) is 30.5 Å². The first kappa shape index (κ1) is 31.4. The van der Waals surface area contributed by atoms with E-state index in [1.807, 2.05) is 39.0 Å². The molecule has 2 amide bonds. The summed E-state index contributed by atoms with van der Waals surface area (Å²) >= 11 is 13.3. The third-order valence-electron chi connectivity index (χ3n) is 7.08. The molecule has 0 saturated heterocycles. The zero-order valence-electron chi connectivity index (χ0n) is 24.9. The van der Waals surface area contributed by atoms with Crippen LogP contribution in [0.4, 0.5) is 10.7 Å². The quantitative estimate of drug-likeness (QED) is 0.308. The molecule has 0 aliphatic heterocycles. The number of halogens is 2. The van der Waals surface area contributed by atoms with Crippen LogP contribution in [0, 0.1) is 5.92 Å². The minimum Gasteiger partial charge on any atom is -0.495 e. The predicted molar refractivity (Wildman–Crippen MR) is 165 cm³/mol. The number of benzene rings is 2. The lowest BCUT2D eigenvalue weighted by Gasteiger charge is -2.25. The summed E-state index contributed by atoms with van der Waals surface area (Å²) in [5, 5.41) is 7.88. The van der Waals surface area contributed by atoms with Crippen molar-refractivity contribution in [2.75, 3.05) is 33.6 Å². The van der Waals surface area contributed by atoms with Crippen LogP contribution in [0.3, 0.4) is 0 Å². The van der Waals surface area contributed by atoms with Gasteiger partial charge in [0.15, 0.2) is 0 Å².